The Morgan fingerprint density at radius 3 is 2.79 bits per heavy atom. The predicted octanol–water partition coefficient (Wildman–Crippen LogP) is 1.82. The molecule has 2 aromatic rings. The Hall–Kier alpha value is -2.30. The van der Waals surface area contributed by atoms with Crippen LogP contribution >= 0.6 is 0 Å². The molecular formula is C14H17N3O2. The number of aryl methyl sites for hydroxylation is 1. The fourth-order valence-electron chi connectivity index (χ4n) is 1.78. The molecule has 1 aromatic heterocycles. The fourth-order valence-corrected chi connectivity index (χ4v) is 1.78. The summed E-state index contributed by atoms with van der Waals surface area (Å²) in [5, 5.41) is 4.22. The molecule has 0 spiro atoms. The zero-order valence-corrected chi connectivity index (χ0v) is 11.1. The van der Waals surface area contributed by atoms with Crippen LogP contribution in [0.3, 0.4) is 0 Å². The van der Waals surface area contributed by atoms with Crippen LogP contribution < -0.4 is 16.0 Å². The summed E-state index contributed by atoms with van der Waals surface area (Å²) in [6, 6.07) is 9.17. The molecule has 0 aliphatic heterocycles. The van der Waals surface area contributed by atoms with Gasteiger partial charge in [0.05, 0.1) is 12.3 Å². The molecule has 0 aliphatic carbocycles. The molecular weight excluding hydrogens is 242 g/mol. The second-order valence-electron chi connectivity index (χ2n) is 4.26. The number of aromatic nitrogens is 2. The number of nitrogens with two attached hydrogens (primary N) is 1. The molecule has 100 valence electrons. The highest BCUT2D eigenvalue weighted by molar-refractivity contribution is 5.68. The van der Waals surface area contributed by atoms with Crippen LogP contribution in [0.2, 0.25) is 0 Å². The molecule has 1 heterocycles. The van der Waals surface area contributed by atoms with Crippen molar-refractivity contribution in [2.45, 2.75) is 13.3 Å². The number of nitrogen functional groups attached to an aromatic ring is 1. The number of hydrogen-bond donors (Lipinski definition) is 1. The van der Waals surface area contributed by atoms with Crippen molar-refractivity contribution >= 4 is 5.69 Å². The number of benzene rings is 1. The lowest BCUT2D eigenvalue weighted by atomic mass is 10.1. The zero-order chi connectivity index (χ0) is 13.8. The van der Waals surface area contributed by atoms with Gasteiger partial charge in [0.2, 0.25) is 0 Å². The minimum atomic E-state index is -0.296. The Morgan fingerprint density at radius 1 is 1.37 bits per heavy atom. The third-order valence-electron chi connectivity index (χ3n) is 2.72. The van der Waals surface area contributed by atoms with Crippen molar-refractivity contribution in [1.29, 1.82) is 0 Å². The van der Waals surface area contributed by atoms with Crippen LogP contribution in [0.5, 0.6) is 5.75 Å². The molecule has 0 bridgehead atoms. The van der Waals surface area contributed by atoms with Crippen LogP contribution in [0, 0.1) is 0 Å². The van der Waals surface area contributed by atoms with Gasteiger partial charge in [-0.15, -0.1) is 0 Å². The quantitative estimate of drug-likeness (QED) is 0.909. The van der Waals surface area contributed by atoms with E-state index in [1.54, 1.807) is 13.1 Å². The maximum absolute atomic E-state index is 11.6. The minimum Gasteiger partial charge on any atom is -0.493 e. The zero-order valence-electron chi connectivity index (χ0n) is 11.1. The molecule has 0 amide bonds. The van der Waals surface area contributed by atoms with Crippen molar-refractivity contribution < 1.29 is 4.74 Å². The highest BCUT2D eigenvalue weighted by atomic mass is 16.5. The summed E-state index contributed by atoms with van der Waals surface area (Å²) in [5.74, 6) is 0.745. The summed E-state index contributed by atoms with van der Waals surface area (Å²) in [4.78, 5) is 11.6. The van der Waals surface area contributed by atoms with Crippen molar-refractivity contribution in [3.8, 4) is 17.0 Å². The van der Waals surface area contributed by atoms with Gasteiger partial charge in [-0.2, -0.15) is 5.10 Å². The van der Waals surface area contributed by atoms with E-state index in [0.29, 0.717) is 12.3 Å². The van der Waals surface area contributed by atoms with E-state index in [-0.39, 0.29) is 11.2 Å². The Kier molecular flexibility index (Phi) is 3.85. The molecule has 0 unspecified atom stereocenters. The molecule has 0 fully saturated rings. The van der Waals surface area contributed by atoms with Gasteiger partial charge in [0.15, 0.2) is 0 Å². The van der Waals surface area contributed by atoms with Crippen LogP contribution in [0.15, 0.2) is 35.1 Å². The van der Waals surface area contributed by atoms with E-state index in [9.17, 15) is 4.79 Å². The van der Waals surface area contributed by atoms with Gasteiger partial charge in [0.25, 0.3) is 5.56 Å². The number of hydrogen-bond acceptors (Lipinski definition) is 4. The van der Waals surface area contributed by atoms with E-state index in [1.165, 1.54) is 4.68 Å². The molecule has 2 N–H and O–H groups in total. The number of para-hydroxylation sites is 1. The van der Waals surface area contributed by atoms with E-state index in [1.807, 2.05) is 31.2 Å². The first-order chi connectivity index (χ1) is 9.13. The third-order valence-corrected chi connectivity index (χ3v) is 2.72. The van der Waals surface area contributed by atoms with Gasteiger partial charge in [-0.25, -0.2) is 4.68 Å². The lowest BCUT2D eigenvalue weighted by molar-refractivity contribution is 0.318. The summed E-state index contributed by atoms with van der Waals surface area (Å²) in [5.41, 5.74) is 7.04. The van der Waals surface area contributed by atoms with Crippen molar-refractivity contribution in [2.75, 3.05) is 12.3 Å². The van der Waals surface area contributed by atoms with Crippen molar-refractivity contribution in [3.05, 3.63) is 40.7 Å². The molecule has 0 aliphatic rings. The molecule has 1 aromatic carbocycles. The summed E-state index contributed by atoms with van der Waals surface area (Å²) >= 11 is 0. The van der Waals surface area contributed by atoms with Crippen LogP contribution in [0.25, 0.3) is 11.3 Å². The first kappa shape index (κ1) is 13.1. The lowest BCUT2D eigenvalue weighted by Gasteiger charge is -2.11. The maximum Gasteiger partial charge on any atom is 0.289 e. The van der Waals surface area contributed by atoms with E-state index in [4.69, 9.17) is 10.5 Å². The second-order valence-corrected chi connectivity index (χ2v) is 4.26. The number of ether oxygens (including phenoxy) is 1. The van der Waals surface area contributed by atoms with Crippen molar-refractivity contribution in [1.82, 2.24) is 9.78 Å². The van der Waals surface area contributed by atoms with Gasteiger partial charge in [-0.3, -0.25) is 4.79 Å². The molecule has 5 nitrogen and oxygen atoms in total. The van der Waals surface area contributed by atoms with Crippen LogP contribution in [-0.2, 0) is 7.05 Å². The summed E-state index contributed by atoms with van der Waals surface area (Å²) in [6.07, 6.45) is 0.928. The Morgan fingerprint density at radius 2 is 2.11 bits per heavy atom. The monoisotopic (exact) mass is 259 g/mol. The normalized spacial score (nSPS) is 10.4. The van der Waals surface area contributed by atoms with Gasteiger partial charge < -0.3 is 10.5 Å². The summed E-state index contributed by atoms with van der Waals surface area (Å²) < 4.78 is 6.92. The van der Waals surface area contributed by atoms with Crippen molar-refractivity contribution in [2.24, 2.45) is 7.05 Å². The topological polar surface area (TPSA) is 70.1 Å². The molecule has 0 atom stereocenters. The first-order valence-electron chi connectivity index (χ1n) is 6.19. The number of anilines is 1. The SMILES string of the molecule is CCCOc1ccccc1-c1cc(N)c(=O)n(C)n1. The van der Waals surface area contributed by atoms with Crippen LogP contribution in [0.1, 0.15) is 13.3 Å². The number of rotatable bonds is 4. The maximum atomic E-state index is 11.6. The summed E-state index contributed by atoms with van der Waals surface area (Å²) in [6.45, 7) is 2.68. The fraction of sp³-hybridized carbons (Fsp3) is 0.286. The highest BCUT2D eigenvalue weighted by Gasteiger charge is 2.10. The molecule has 0 saturated carbocycles. The smallest absolute Gasteiger partial charge is 0.289 e. The predicted molar refractivity (Wildman–Crippen MR) is 75.1 cm³/mol. The Labute approximate surface area is 111 Å². The standard InChI is InChI=1S/C14H17N3O2/c1-3-8-19-13-7-5-4-6-10(13)12-9-11(15)14(18)17(2)16-12/h4-7,9H,3,8,15H2,1-2H3. The molecule has 5 heteroatoms. The molecule has 0 saturated heterocycles. The number of nitrogens with zero attached hydrogens (tertiary/aromatic N) is 2. The Bertz CT molecular complexity index is 609. The van der Waals surface area contributed by atoms with E-state index >= 15 is 0 Å². The molecule has 0 radical (unpaired) electrons. The average molecular weight is 259 g/mol. The molecule has 2 rings (SSSR count). The van der Waals surface area contributed by atoms with E-state index in [0.717, 1.165) is 17.7 Å². The van der Waals surface area contributed by atoms with Crippen molar-refractivity contribution in [3.63, 3.8) is 0 Å². The largest absolute Gasteiger partial charge is 0.493 e. The Balaban J connectivity index is 2.49. The highest BCUT2D eigenvalue weighted by Crippen LogP contribution is 2.28. The van der Waals surface area contributed by atoms with Gasteiger partial charge in [-0.1, -0.05) is 19.1 Å². The average Bonchev–Trinajstić information content (AvgIpc) is 2.42. The third kappa shape index (κ3) is 2.76. The van der Waals surface area contributed by atoms with Gasteiger partial charge in [0.1, 0.15) is 11.4 Å². The molecule has 19 heavy (non-hydrogen) atoms. The summed E-state index contributed by atoms with van der Waals surface area (Å²) in [7, 11) is 1.58. The van der Waals surface area contributed by atoms with Gasteiger partial charge >= 0.3 is 0 Å². The van der Waals surface area contributed by atoms with E-state index < -0.39 is 0 Å². The minimum absolute atomic E-state index is 0.179. The lowest BCUT2D eigenvalue weighted by Crippen LogP contribution is -2.22. The van der Waals surface area contributed by atoms with Gasteiger partial charge in [-0.05, 0) is 24.6 Å². The second kappa shape index (κ2) is 5.56. The van der Waals surface area contributed by atoms with Crippen LogP contribution in [-0.4, -0.2) is 16.4 Å². The van der Waals surface area contributed by atoms with E-state index in [2.05, 4.69) is 5.10 Å². The van der Waals surface area contributed by atoms with Gasteiger partial charge in [0, 0.05) is 12.6 Å². The van der Waals surface area contributed by atoms with Crippen LogP contribution in [0.4, 0.5) is 5.69 Å². The first-order valence-corrected chi connectivity index (χ1v) is 6.19.